The van der Waals surface area contributed by atoms with Crippen molar-refractivity contribution in [3.05, 3.63) is 83.7 Å². The molecule has 0 spiro atoms. The lowest BCUT2D eigenvalue weighted by molar-refractivity contribution is 0.0943. The Balaban J connectivity index is 1.90. The molecule has 0 aliphatic rings. The van der Waals surface area contributed by atoms with Gasteiger partial charge < -0.3 is 9.88 Å². The Bertz CT molecular complexity index is 912. The van der Waals surface area contributed by atoms with Crippen LogP contribution in [0, 0.1) is 17.1 Å². The number of halogens is 1. The summed E-state index contributed by atoms with van der Waals surface area (Å²) in [6.45, 7) is 0.235. The Labute approximate surface area is 138 Å². The number of nitrogens with zero attached hydrogens (tertiary/aromatic N) is 3. The molecule has 3 rings (SSSR count). The molecule has 0 radical (unpaired) electrons. The fourth-order valence-corrected chi connectivity index (χ4v) is 2.35. The van der Waals surface area contributed by atoms with Gasteiger partial charge in [0.15, 0.2) is 0 Å². The summed E-state index contributed by atoms with van der Waals surface area (Å²) in [5.74, 6) is -0.842. The molecule has 24 heavy (non-hydrogen) atoms. The predicted octanol–water partition coefficient (Wildman–Crippen LogP) is 2.81. The van der Waals surface area contributed by atoms with E-state index in [1.165, 1.54) is 22.8 Å². The Morgan fingerprint density at radius 3 is 2.83 bits per heavy atom. The number of pyridine rings is 1. The average molecular weight is 320 g/mol. The van der Waals surface area contributed by atoms with Gasteiger partial charge >= 0.3 is 0 Å². The first-order valence-electron chi connectivity index (χ1n) is 7.24. The number of rotatable bonds is 4. The third kappa shape index (κ3) is 3.15. The van der Waals surface area contributed by atoms with E-state index in [0.29, 0.717) is 11.4 Å². The maximum absolute atomic E-state index is 13.5. The Morgan fingerprint density at radius 2 is 2.12 bits per heavy atom. The van der Waals surface area contributed by atoms with Gasteiger partial charge in [-0.15, -0.1) is 0 Å². The van der Waals surface area contributed by atoms with E-state index in [0.717, 1.165) is 0 Å². The van der Waals surface area contributed by atoms with Crippen LogP contribution >= 0.6 is 0 Å². The van der Waals surface area contributed by atoms with Crippen LogP contribution in [0.3, 0.4) is 0 Å². The van der Waals surface area contributed by atoms with Crippen LogP contribution in [0.4, 0.5) is 4.39 Å². The van der Waals surface area contributed by atoms with Gasteiger partial charge in [-0.1, -0.05) is 12.1 Å². The summed E-state index contributed by atoms with van der Waals surface area (Å²) in [5.41, 5.74) is 1.56. The van der Waals surface area contributed by atoms with Crippen molar-refractivity contribution in [1.29, 1.82) is 5.26 Å². The second kappa shape index (κ2) is 6.75. The number of aromatic nitrogens is 2. The number of hydrogen-bond acceptors (Lipinski definition) is 3. The standard InChI is InChI=1S/C18H13FN4O/c19-14-4-3-6-16(10-14)23-9-7-13(11-20)17(23)18(24)22-12-15-5-1-2-8-21-15/h1-10H,12H2,(H,22,24). The summed E-state index contributed by atoms with van der Waals surface area (Å²) in [5, 5.41) is 12.0. The van der Waals surface area contributed by atoms with Crippen molar-refractivity contribution in [3.8, 4) is 11.8 Å². The van der Waals surface area contributed by atoms with E-state index >= 15 is 0 Å². The van der Waals surface area contributed by atoms with Gasteiger partial charge in [0.05, 0.1) is 17.8 Å². The topological polar surface area (TPSA) is 70.7 Å². The molecule has 0 aliphatic carbocycles. The first-order valence-corrected chi connectivity index (χ1v) is 7.24. The number of nitrogens with one attached hydrogen (secondary N) is 1. The molecule has 5 nitrogen and oxygen atoms in total. The summed E-state index contributed by atoms with van der Waals surface area (Å²) >= 11 is 0. The predicted molar refractivity (Wildman–Crippen MR) is 85.8 cm³/mol. The van der Waals surface area contributed by atoms with Crippen molar-refractivity contribution in [2.75, 3.05) is 0 Å². The summed E-state index contributed by atoms with van der Waals surface area (Å²) in [6.07, 6.45) is 3.21. The van der Waals surface area contributed by atoms with E-state index in [1.54, 1.807) is 36.7 Å². The zero-order chi connectivity index (χ0) is 16.9. The number of benzene rings is 1. The van der Waals surface area contributed by atoms with Crippen LogP contribution in [0.5, 0.6) is 0 Å². The van der Waals surface area contributed by atoms with Crippen molar-refractivity contribution in [1.82, 2.24) is 14.9 Å². The molecule has 3 aromatic rings. The fourth-order valence-electron chi connectivity index (χ4n) is 2.35. The molecule has 0 unspecified atom stereocenters. The van der Waals surface area contributed by atoms with Crippen molar-refractivity contribution >= 4 is 5.91 Å². The largest absolute Gasteiger partial charge is 0.345 e. The molecule has 0 saturated heterocycles. The SMILES string of the molecule is N#Cc1ccn(-c2cccc(F)c2)c1C(=O)NCc1ccccn1. The number of hydrogen-bond donors (Lipinski definition) is 1. The van der Waals surface area contributed by atoms with Gasteiger partial charge in [0.1, 0.15) is 17.6 Å². The third-order valence-corrected chi connectivity index (χ3v) is 3.46. The minimum atomic E-state index is -0.425. The van der Waals surface area contributed by atoms with Crippen LogP contribution in [0.2, 0.25) is 0 Å². The van der Waals surface area contributed by atoms with Gasteiger partial charge in [-0.3, -0.25) is 9.78 Å². The number of carbonyl (C=O) groups excluding carboxylic acids is 1. The molecule has 6 heteroatoms. The minimum absolute atomic E-state index is 0.166. The first-order chi connectivity index (χ1) is 11.7. The van der Waals surface area contributed by atoms with Crippen LogP contribution in [-0.4, -0.2) is 15.5 Å². The Hall–Kier alpha value is -3.46. The first kappa shape index (κ1) is 15.4. The molecule has 1 N–H and O–H groups in total. The normalized spacial score (nSPS) is 10.2. The molecule has 0 atom stereocenters. The van der Waals surface area contributed by atoms with Crippen LogP contribution in [0.25, 0.3) is 5.69 Å². The smallest absolute Gasteiger partial charge is 0.269 e. The monoisotopic (exact) mass is 320 g/mol. The van der Waals surface area contributed by atoms with Crippen LogP contribution in [0.1, 0.15) is 21.7 Å². The zero-order valence-corrected chi connectivity index (χ0v) is 12.6. The van der Waals surface area contributed by atoms with Crippen molar-refractivity contribution < 1.29 is 9.18 Å². The van der Waals surface area contributed by atoms with Crippen molar-refractivity contribution in [3.63, 3.8) is 0 Å². The second-order valence-corrected chi connectivity index (χ2v) is 5.04. The third-order valence-electron chi connectivity index (χ3n) is 3.46. The highest BCUT2D eigenvalue weighted by molar-refractivity contribution is 5.95. The van der Waals surface area contributed by atoms with E-state index < -0.39 is 11.7 Å². The van der Waals surface area contributed by atoms with E-state index in [2.05, 4.69) is 10.3 Å². The molecule has 118 valence electrons. The highest BCUT2D eigenvalue weighted by Crippen LogP contribution is 2.18. The van der Waals surface area contributed by atoms with E-state index in [-0.39, 0.29) is 17.8 Å². The van der Waals surface area contributed by atoms with Gasteiger partial charge in [0, 0.05) is 18.1 Å². The summed E-state index contributed by atoms with van der Waals surface area (Å²) < 4.78 is 15.0. The fraction of sp³-hybridized carbons (Fsp3) is 0.0556. The molecule has 0 fully saturated rings. The number of amides is 1. The van der Waals surface area contributed by atoms with Crippen LogP contribution in [0.15, 0.2) is 60.9 Å². The zero-order valence-electron chi connectivity index (χ0n) is 12.6. The highest BCUT2D eigenvalue weighted by atomic mass is 19.1. The second-order valence-electron chi connectivity index (χ2n) is 5.04. The molecule has 1 aromatic carbocycles. The molecule has 0 saturated carbocycles. The molecular weight excluding hydrogens is 307 g/mol. The Kier molecular flexibility index (Phi) is 4.34. The highest BCUT2D eigenvalue weighted by Gasteiger charge is 2.18. The lowest BCUT2D eigenvalue weighted by Crippen LogP contribution is -2.26. The molecule has 0 bridgehead atoms. The molecule has 0 aliphatic heterocycles. The van der Waals surface area contributed by atoms with E-state index in [1.807, 2.05) is 12.1 Å². The Morgan fingerprint density at radius 1 is 1.25 bits per heavy atom. The number of carbonyl (C=O) groups is 1. The van der Waals surface area contributed by atoms with Crippen molar-refractivity contribution in [2.45, 2.75) is 6.54 Å². The van der Waals surface area contributed by atoms with Gasteiger partial charge in [-0.25, -0.2) is 4.39 Å². The molecule has 2 aromatic heterocycles. The number of nitriles is 1. The van der Waals surface area contributed by atoms with Gasteiger partial charge in [0.2, 0.25) is 0 Å². The summed E-state index contributed by atoms with van der Waals surface area (Å²) in [7, 11) is 0. The maximum atomic E-state index is 13.5. The van der Waals surface area contributed by atoms with Gasteiger partial charge in [-0.2, -0.15) is 5.26 Å². The summed E-state index contributed by atoms with van der Waals surface area (Å²) in [4.78, 5) is 16.7. The maximum Gasteiger partial charge on any atom is 0.269 e. The van der Waals surface area contributed by atoms with Crippen LogP contribution < -0.4 is 5.32 Å². The lowest BCUT2D eigenvalue weighted by atomic mass is 10.2. The van der Waals surface area contributed by atoms with Gasteiger partial charge in [0.25, 0.3) is 5.91 Å². The van der Waals surface area contributed by atoms with Crippen molar-refractivity contribution in [2.24, 2.45) is 0 Å². The summed E-state index contributed by atoms with van der Waals surface area (Å²) in [6, 6.07) is 14.8. The molecule has 1 amide bonds. The van der Waals surface area contributed by atoms with E-state index in [4.69, 9.17) is 0 Å². The molecular formula is C18H13FN4O. The molecule has 2 heterocycles. The minimum Gasteiger partial charge on any atom is -0.345 e. The lowest BCUT2D eigenvalue weighted by Gasteiger charge is -2.10. The van der Waals surface area contributed by atoms with Crippen LogP contribution in [-0.2, 0) is 6.54 Å². The van der Waals surface area contributed by atoms with Gasteiger partial charge in [-0.05, 0) is 36.4 Å². The average Bonchev–Trinajstić information content (AvgIpc) is 3.05. The quantitative estimate of drug-likeness (QED) is 0.803. The van der Waals surface area contributed by atoms with E-state index in [9.17, 15) is 14.4 Å².